The SMILES string of the molecule is Cc1nc(Cl)ccc1Nc1ncn[nH]1. The second kappa shape index (κ2) is 3.63. The van der Waals surface area contributed by atoms with E-state index in [2.05, 4.69) is 25.5 Å². The number of halogens is 1. The van der Waals surface area contributed by atoms with Crippen molar-refractivity contribution in [1.29, 1.82) is 0 Å². The molecule has 0 saturated carbocycles. The fraction of sp³-hybridized carbons (Fsp3) is 0.125. The van der Waals surface area contributed by atoms with Crippen LogP contribution in [0, 0.1) is 6.92 Å². The average molecular weight is 210 g/mol. The molecule has 2 rings (SSSR count). The number of hydrogen-bond acceptors (Lipinski definition) is 4. The second-order valence-electron chi connectivity index (χ2n) is 2.73. The lowest BCUT2D eigenvalue weighted by Gasteiger charge is -2.05. The smallest absolute Gasteiger partial charge is 0.222 e. The monoisotopic (exact) mass is 209 g/mol. The Hall–Kier alpha value is -1.62. The highest BCUT2D eigenvalue weighted by Crippen LogP contribution is 2.18. The Kier molecular flexibility index (Phi) is 2.32. The molecule has 2 aromatic rings. The van der Waals surface area contributed by atoms with Gasteiger partial charge < -0.3 is 5.32 Å². The molecular weight excluding hydrogens is 202 g/mol. The van der Waals surface area contributed by atoms with Crippen molar-refractivity contribution in [3.05, 3.63) is 29.3 Å². The highest BCUT2D eigenvalue weighted by Gasteiger charge is 2.01. The van der Waals surface area contributed by atoms with Crippen LogP contribution in [0.4, 0.5) is 11.6 Å². The summed E-state index contributed by atoms with van der Waals surface area (Å²) in [6.45, 7) is 1.87. The van der Waals surface area contributed by atoms with Gasteiger partial charge in [-0.25, -0.2) is 10.1 Å². The van der Waals surface area contributed by atoms with Gasteiger partial charge in [-0.15, -0.1) is 0 Å². The van der Waals surface area contributed by atoms with Crippen LogP contribution in [-0.4, -0.2) is 20.2 Å². The summed E-state index contributed by atoms with van der Waals surface area (Å²) in [5.74, 6) is 0.581. The van der Waals surface area contributed by atoms with Gasteiger partial charge in [0.05, 0.1) is 11.4 Å². The van der Waals surface area contributed by atoms with Crippen molar-refractivity contribution in [1.82, 2.24) is 20.2 Å². The molecule has 0 bridgehead atoms. The molecule has 2 aromatic heterocycles. The van der Waals surface area contributed by atoms with E-state index in [4.69, 9.17) is 11.6 Å². The number of nitrogens with one attached hydrogen (secondary N) is 2. The van der Waals surface area contributed by atoms with Crippen molar-refractivity contribution in [3.8, 4) is 0 Å². The van der Waals surface area contributed by atoms with Crippen molar-refractivity contribution >= 4 is 23.2 Å². The van der Waals surface area contributed by atoms with E-state index >= 15 is 0 Å². The summed E-state index contributed by atoms with van der Waals surface area (Å²) in [5.41, 5.74) is 1.67. The standard InChI is InChI=1S/C8H8ClN5/c1-5-6(2-3-7(9)12-5)13-8-10-4-11-14-8/h2-4H,1H3,(H2,10,11,13,14). The zero-order valence-electron chi connectivity index (χ0n) is 7.45. The number of H-pyrrole nitrogens is 1. The van der Waals surface area contributed by atoms with Crippen molar-refractivity contribution in [2.24, 2.45) is 0 Å². The van der Waals surface area contributed by atoms with Gasteiger partial charge >= 0.3 is 0 Å². The predicted molar refractivity (Wildman–Crippen MR) is 53.6 cm³/mol. The Bertz CT molecular complexity index is 425. The van der Waals surface area contributed by atoms with Crippen LogP contribution in [0.2, 0.25) is 5.15 Å². The Labute approximate surface area is 85.5 Å². The van der Waals surface area contributed by atoms with Crippen LogP contribution in [0.5, 0.6) is 0 Å². The Morgan fingerprint density at radius 3 is 2.93 bits per heavy atom. The third-order valence-electron chi connectivity index (χ3n) is 1.72. The molecule has 0 aliphatic rings. The molecule has 0 atom stereocenters. The van der Waals surface area contributed by atoms with Crippen LogP contribution >= 0.6 is 11.6 Å². The molecule has 5 nitrogen and oxygen atoms in total. The third-order valence-corrected chi connectivity index (χ3v) is 1.93. The van der Waals surface area contributed by atoms with E-state index in [9.17, 15) is 0 Å². The normalized spacial score (nSPS) is 10.1. The molecule has 0 spiro atoms. The summed E-state index contributed by atoms with van der Waals surface area (Å²) in [5, 5.41) is 9.92. The van der Waals surface area contributed by atoms with E-state index in [-0.39, 0.29) is 0 Å². The van der Waals surface area contributed by atoms with Crippen molar-refractivity contribution in [2.75, 3.05) is 5.32 Å². The predicted octanol–water partition coefficient (Wildman–Crippen LogP) is 1.91. The lowest BCUT2D eigenvalue weighted by Crippen LogP contribution is -1.96. The molecule has 72 valence electrons. The lowest BCUT2D eigenvalue weighted by atomic mass is 10.3. The number of pyridine rings is 1. The first-order valence-electron chi connectivity index (χ1n) is 4.01. The van der Waals surface area contributed by atoms with Gasteiger partial charge in [0.25, 0.3) is 0 Å². The molecule has 6 heteroatoms. The summed E-state index contributed by atoms with van der Waals surface area (Å²) < 4.78 is 0. The van der Waals surface area contributed by atoms with Crippen LogP contribution < -0.4 is 5.32 Å². The van der Waals surface area contributed by atoms with Gasteiger partial charge in [-0.3, -0.25) is 0 Å². The molecule has 2 N–H and O–H groups in total. The van der Waals surface area contributed by atoms with Crippen LogP contribution in [-0.2, 0) is 0 Å². The van der Waals surface area contributed by atoms with Gasteiger partial charge in [0.2, 0.25) is 5.95 Å². The number of aromatic nitrogens is 4. The number of anilines is 2. The molecule has 14 heavy (non-hydrogen) atoms. The summed E-state index contributed by atoms with van der Waals surface area (Å²) in [7, 11) is 0. The number of rotatable bonds is 2. The molecule has 0 aliphatic heterocycles. The molecule has 2 heterocycles. The number of hydrogen-bond donors (Lipinski definition) is 2. The highest BCUT2D eigenvalue weighted by atomic mass is 35.5. The molecular formula is C8H8ClN5. The maximum atomic E-state index is 5.72. The molecule has 0 saturated heterocycles. The largest absolute Gasteiger partial charge is 0.323 e. The molecule has 0 amide bonds. The first-order valence-corrected chi connectivity index (χ1v) is 4.39. The van der Waals surface area contributed by atoms with Gasteiger partial charge in [0.1, 0.15) is 11.5 Å². The van der Waals surface area contributed by atoms with E-state index in [1.165, 1.54) is 6.33 Å². The average Bonchev–Trinajstić information content (AvgIpc) is 2.62. The van der Waals surface area contributed by atoms with E-state index in [0.717, 1.165) is 11.4 Å². The van der Waals surface area contributed by atoms with E-state index < -0.39 is 0 Å². The van der Waals surface area contributed by atoms with Gasteiger partial charge in [0, 0.05) is 0 Å². The van der Waals surface area contributed by atoms with Gasteiger partial charge in [-0.05, 0) is 19.1 Å². The van der Waals surface area contributed by atoms with Crippen molar-refractivity contribution < 1.29 is 0 Å². The maximum Gasteiger partial charge on any atom is 0.222 e. The zero-order valence-corrected chi connectivity index (χ0v) is 8.21. The Morgan fingerprint density at radius 1 is 1.43 bits per heavy atom. The Balaban J connectivity index is 2.25. The quantitative estimate of drug-likeness (QED) is 0.742. The number of nitrogens with zero attached hydrogens (tertiary/aromatic N) is 3. The molecule has 0 aliphatic carbocycles. The van der Waals surface area contributed by atoms with Gasteiger partial charge in [-0.2, -0.15) is 10.1 Å². The number of aryl methyl sites for hydroxylation is 1. The molecule has 0 aromatic carbocycles. The van der Waals surface area contributed by atoms with Crippen molar-refractivity contribution in [3.63, 3.8) is 0 Å². The fourth-order valence-corrected chi connectivity index (χ4v) is 1.25. The highest BCUT2D eigenvalue weighted by molar-refractivity contribution is 6.29. The first kappa shape index (κ1) is 8.96. The molecule has 0 fully saturated rings. The van der Waals surface area contributed by atoms with Crippen LogP contribution in [0.25, 0.3) is 0 Å². The second-order valence-corrected chi connectivity index (χ2v) is 3.11. The molecule has 0 radical (unpaired) electrons. The Morgan fingerprint density at radius 2 is 2.29 bits per heavy atom. The molecule has 0 unspecified atom stereocenters. The van der Waals surface area contributed by atoms with Crippen molar-refractivity contribution in [2.45, 2.75) is 6.92 Å². The van der Waals surface area contributed by atoms with Gasteiger partial charge in [-0.1, -0.05) is 11.6 Å². The maximum absolute atomic E-state index is 5.72. The van der Waals surface area contributed by atoms with Crippen LogP contribution in [0.15, 0.2) is 18.5 Å². The van der Waals surface area contributed by atoms with E-state index in [0.29, 0.717) is 11.1 Å². The summed E-state index contributed by atoms with van der Waals surface area (Å²) in [4.78, 5) is 8.03. The van der Waals surface area contributed by atoms with Crippen LogP contribution in [0.3, 0.4) is 0 Å². The topological polar surface area (TPSA) is 66.5 Å². The summed E-state index contributed by atoms with van der Waals surface area (Å²) >= 11 is 5.72. The lowest BCUT2D eigenvalue weighted by molar-refractivity contribution is 1.09. The summed E-state index contributed by atoms with van der Waals surface area (Å²) in [6, 6.07) is 3.56. The van der Waals surface area contributed by atoms with Gasteiger partial charge in [0.15, 0.2) is 0 Å². The zero-order chi connectivity index (χ0) is 9.97. The summed E-state index contributed by atoms with van der Waals surface area (Å²) in [6.07, 6.45) is 1.43. The minimum atomic E-state index is 0.477. The fourth-order valence-electron chi connectivity index (χ4n) is 1.06. The minimum Gasteiger partial charge on any atom is -0.323 e. The third kappa shape index (κ3) is 1.82. The van der Waals surface area contributed by atoms with E-state index in [1.54, 1.807) is 6.07 Å². The van der Waals surface area contributed by atoms with E-state index in [1.807, 2.05) is 13.0 Å². The minimum absolute atomic E-state index is 0.477. The first-order chi connectivity index (χ1) is 6.75. The van der Waals surface area contributed by atoms with Crippen LogP contribution in [0.1, 0.15) is 5.69 Å². The number of aromatic amines is 1.